The number of morpholine rings is 1. The highest BCUT2D eigenvalue weighted by Gasteiger charge is 2.44. The first-order valence-electron chi connectivity index (χ1n) is 9.77. The SMILES string of the molecule is CC1CN(Cc2ccc3c(-c4cnn(C)c4)cc(C(N)=O)nc3c2)CC(C(F)(F)F)O1. The third-order valence-corrected chi connectivity index (χ3v) is 5.25. The molecule has 1 saturated heterocycles. The normalized spacial score (nSPS) is 20.3. The Morgan fingerprint density at radius 1 is 1.29 bits per heavy atom. The number of hydrogen-bond acceptors (Lipinski definition) is 5. The molecule has 164 valence electrons. The van der Waals surface area contributed by atoms with Gasteiger partial charge in [0.15, 0.2) is 6.10 Å². The lowest BCUT2D eigenvalue weighted by molar-refractivity contribution is -0.252. The molecule has 1 fully saturated rings. The summed E-state index contributed by atoms with van der Waals surface area (Å²) in [7, 11) is 1.79. The minimum Gasteiger partial charge on any atom is -0.364 e. The zero-order valence-corrected chi connectivity index (χ0v) is 17.1. The summed E-state index contributed by atoms with van der Waals surface area (Å²) in [6, 6.07) is 7.12. The molecule has 2 atom stereocenters. The van der Waals surface area contributed by atoms with E-state index in [1.807, 2.05) is 18.3 Å². The van der Waals surface area contributed by atoms with Gasteiger partial charge in [-0.2, -0.15) is 18.3 Å². The van der Waals surface area contributed by atoms with Crippen LogP contribution in [-0.4, -0.2) is 57.0 Å². The second-order valence-electron chi connectivity index (χ2n) is 7.84. The zero-order valence-electron chi connectivity index (χ0n) is 17.1. The van der Waals surface area contributed by atoms with Gasteiger partial charge in [0.2, 0.25) is 0 Å². The van der Waals surface area contributed by atoms with E-state index in [1.165, 1.54) is 0 Å². The Balaban J connectivity index is 1.68. The Bertz CT molecular complexity index is 1130. The monoisotopic (exact) mass is 433 g/mol. The molecule has 0 aliphatic carbocycles. The summed E-state index contributed by atoms with van der Waals surface area (Å²) in [4.78, 5) is 17.9. The molecule has 0 saturated carbocycles. The third kappa shape index (κ3) is 4.54. The zero-order chi connectivity index (χ0) is 22.3. The third-order valence-electron chi connectivity index (χ3n) is 5.25. The van der Waals surface area contributed by atoms with Crippen molar-refractivity contribution in [1.29, 1.82) is 0 Å². The maximum absolute atomic E-state index is 13.2. The van der Waals surface area contributed by atoms with E-state index >= 15 is 0 Å². The van der Waals surface area contributed by atoms with Gasteiger partial charge in [0, 0.05) is 43.8 Å². The molecule has 1 aliphatic heterocycles. The minimum absolute atomic E-state index is 0.112. The van der Waals surface area contributed by atoms with Crippen LogP contribution in [0.1, 0.15) is 23.0 Å². The number of halogens is 3. The number of nitrogens with two attached hydrogens (primary N) is 1. The molecule has 0 radical (unpaired) electrons. The Kier molecular flexibility index (Phi) is 5.44. The van der Waals surface area contributed by atoms with Gasteiger partial charge in [-0.15, -0.1) is 0 Å². The molecular weight excluding hydrogens is 411 g/mol. The number of aryl methyl sites for hydroxylation is 1. The highest BCUT2D eigenvalue weighted by molar-refractivity contribution is 6.00. The molecule has 1 amide bonds. The maximum atomic E-state index is 13.2. The van der Waals surface area contributed by atoms with Crippen molar-refractivity contribution in [1.82, 2.24) is 19.7 Å². The van der Waals surface area contributed by atoms with E-state index in [0.717, 1.165) is 22.1 Å². The highest BCUT2D eigenvalue weighted by Crippen LogP contribution is 2.31. The summed E-state index contributed by atoms with van der Waals surface area (Å²) in [5.41, 5.74) is 8.47. The summed E-state index contributed by atoms with van der Waals surface area (Å²) >= 11 is 0. The lowest BCUT2D eigenvalue weighted by Gasteiger charge is -2.37. The summed E-state index contributed by atoms with van der Waals surface area (Å²) in [6.45, 7) is 2.09. The van der Waals surface area contributed by atoms with Gasteiger partial charge >= 0.3 is 6.18 Å². The van der Waals surface area contributed by atoms with E-state index in [9.17, 15) is 18.0 Å². The summed E-state index contributed by atoms with van der Waals surface area (Å²) < 4.78 is 46.2. The van der Waals surface area contributed by atoms with Crippen LogP contribution in [0, 0.1) is 0 Å². The Morgan fingerprint density at radius 3 is 2.71 bits per heavy atom. The second kappa shape index (κ2) is 7.93. The number of benzene rings is 1. The number of aromatic nitrogens is 3. The van der Waals surface area contributed by atoms with Crippen LogP contribution in [0.15, 0.2) is 36.7 Å². The molecule has 0 spiro atoms. The number of amides is 1. The van der Waals surface area contributed by atoms with Gasteiger partial charge in [-0.3, -0.25) is 14.4 Å². The number of carbonyl (C=O) groups excluding carboxylic acids is 1. The molecule has 3 heterocycles. The van der Waals surface area contributed by atoms with Crippen LogP contribution in [0.5, 0.6) is 0 Å². The van der Waals surface area contributed by atoms with E-state index < -0.39 is 24.3 Å². The molecular formula is C21H22F3N5O2. The number of ether oxygens (including phenoxy) is 1. The highest BCUT2D eigenvalue weighted by atomic mass is 19.4. The molecule has 4 rings (SSSR count). The van der Waals surface area contributed by atoms with E-state index in [2.05, 4.69) is 10.1 Å². The predicted molar refractivity (Wildman–Crippen MR) is 108 cm³/mol. The van der Waals surface area contributed by atoms with Crippen molar-refractivity contribution >= 4 is 16.8 Å². The van der Waals surface area contributed by atoms with Crippen LogP contribution in [0.3, 0.4) is 0 Å². The van der Waals surface area contributed by atoms with Crippen LogP contribution in [-0.2, 0) is 18.3 Å². The number of rotatable bonds is 4. The molecule has 2 unspecified atom stereocenters. The van der Waals surface area contributed by atoms with Crippen LogP contribution in [0.4, 0.5) is 13.2 Å². The van der Waals surface area contributed by atoms with Crippen molar-refractivity contribution in [3.05, 3.63) is 47.9 Å². The average molecular weight is 433 g/mol. The number of alkyl halides is 3. The van der Waals surface area contributed by atoms with E-state index in [1.54, 1.807) is 41.9 Å². The molecule has 2 aromatic heterocycles. The van der Waals surface area contributed by atoms with Crippen LogP contribution in [0.2, 0.25) is 0 Å². The number of pyridine rings is 1. The van der Waals surface area contributed by atoms with Gasteiger partial charge in [0.1, 0.15) is 5.69 Å². The molecule has 31 heavy (non-hydrogen) atoms. The predicted octanol–water partition coefficient (Wildman–Crippen LogP) is 2.89. The number of primary amides is 1. The van der Waals surface area contributed by atoms with Crippen molar-refractivity contribution in [2.45, 2.75) is 31.9 Å². The quantitative estimate of drug-likeness (QED) is 0.684. The van der Waals surface area contributed by atoms with Crippen LogP contribution >= 0.6 is 0 Å². The molecule has 10 heteroatoms. The van der Waals surface area contributed by atoms with Crippen molar-refractivity contribution in [2.75, 3.05) is 13.1 Å². The fraction of sp³-hybridized carbons (Fsp3) is 0.381. The fourth-order valence-electron chi connectivity index (χ4n) is 3.90. The van der Waals surface area contributed by atoms with Gasteiger partial charge in [-0.25, -0.2) is 4.98 Å². The van der Waals surface area contributed by atoms with Gasteiger partial charge in [0.25, 0.3) is 5.91 Å². The minimum atomic E-state index is -4.41. The van der Waals surface area contributed by atoms with Crippen molar-refractivity contribution in [2.24, 2.45) is 12.8 Å². The standard InChI is InChI=1S/C21H22F3N5O2/c1-12-8-29(11-19(31-12)21(22,23)24)9-13-3-4-15-16(14-7-26-28(2)10-14)6-18(20(25)30)27-17(15)5-13/h3-7,10,12,19H,8-9,11H2,1-2H3,(H2,25,30). The first kappa shape index (κ1) is 21.3. The first-order chi connectivity index (χ1) is 14.6. The Hall–Kier alpha value is -2.98. The van der Waals surface area contributed by atoms with Gasteiger partial charge in [0.05, 0.1) is 17.8 Å². The number of nitrogens with zero attached hydrogens (tertiary/aromatic N) is 4. The fourth-order valence-corrected chi connectivity index (χ4v) is 3.90. The second-order valence-corrected chi connectivity index (χ2v) is 7.84. The molecule has 1 aliphatic rings. The van der Waals surface area contributed by atoms with Crippen LogP contribution < -0.4 is 5.73 Å². The molecule has 3 aromatic rings. The van der Waals surface area contributed by atoms with E-state index in [-0.39, 0.29) is 12.2 Å². The smallest absolute Gasteiger partial charge is 0.364 e. The van der Waals surface area contributed by atoms with Crippen molar-refractivity contribution in [3.8, 4) is 11.1 Å². The number of fused-ring (bicyclic) bond motifs is 1. The number of carbonyl (C=O) groups is 1. The Labute approximate surface area is 176 Å². The lowest BCUT2D eigenvalue weighted by atomic mass is 10.0. The molecule has 0 bridgehead atoms. The van der Waals surface area contributed by atoms with Crippen molar-refractivity contribution < 1.29 is 22.7 Å². The first-order valence-corrected chi connectivity index (χ1v) is 9.77. The Morgan fingerprint density at radius 2 is 2.06 bits per heavy atom. The summed E-state index contributed by atoms with van der Waals surface area (Å²) in [6.07, 6.45) is -3.25. The topological polar surface area (TPSA) is 86.3 Å². The molecule has 7 nitrogen and oxygen atoms in total. The van der Waals surface area contributed by atoms with Crippen molar-refractivity contribution in [3.63, 3.8) is 0 Å². The number of hydrogen-bond donors (Lipinski definition) is 1. The van der Waals surface area contributed by atoms with Gasteiger partial charge in [-0.05, 0) is 30.2 Å². The van der Waals surface area contributed by atoms with E-state index in [0.29, 0.717) is 18.6 Å². The largest absolute Gasteiger partial charge is 0.415 e. The van der Waals surface area contributed by atoms with E-state index in [4.69, 9.17) is 10.5 Å². The van der Waals surface area contributed by atoms with Gasteiger partial charge in [-0.1, -0.05) is 12.1 Å². The average Bonchev–Trinajstić information content (AvgIpc) is 3.12. The maximum Gasteiger partial charge on any atom is 0.415 e. The van der Waals surface area contributed by atoms with Crippen LogP contribution in [0.25, 0.3) is 22.0 Å². The molecule has 1 aromatic carbocycles. The van der Waals surface area contributed by atoms with Gasteiger partial charge < -0.3 is 10.5 Å². The summed E-state index contributed by atoms with van der Waals surface area (Å²) in [5.74, 6) is -0.660. The lowest BCUT2D eigenvalue weighted by Crippen LogP contribution is -2.51. The summed E-state index contributed by atoms with van der Waals surface area (Å²) in [5, 5.41) is 4.97. The molecule has 2 N–H and O–H groups in total.